The highest BCUT2D eigenvalue weighted by molar-refractivity contribution is 6.32. The fourth-order valence-corrected chi connectivity index (χ4v) is 4.39. The Morgan fingerprint density at radius 2 is 1.86 bits per heavy atom. The van der Waals surface area contributed by atoms with Crippen LogP contribution in [0.5, 0.6) is 11.5 Å². The van der Waals surface area contributed by atoms with Gasteiger partial charge in [-0.25, -0.2) is 13.6 Å². The molecule has 7 nitrogen and oxygen atoms in total. The van der Waals surface area contributed by atoms with Gasteiger partial charge >= 0.3 is 12.4 Å². The van der Waals surface area contributed by atoms with Crippen LogP contribution in [0.4, 0.5) is 26.7 Å². The standard InChI is InChI=1S/C22H21ClF5N3O4/c1-34-11-7-14(24)17(15(25)8-11)12-9-29-19(32)18(12)30-20(33)31-21(4-5-21)10-2-3-13(23)16(6-10)35-22(26,27)28/h2-3,6-8,12,18-19,29,32H,4-5,9H2,1H3,(H2,30,31,33)/t12-,18-,19?/m0/s1. The van der Waals surface area contributed by atoms with E-state index in [0.29, 0.717) is 18.4 Å². The Labute approximate surface area is 201 Å². The van der Waals surface area contributed by atoms with E-state index in [1.807, 2.05) is 0 Å². The van der Waals surface area contributed by atoms with Crippen molar-refractivity contribution in [3.05, 3.63) is 58.1 Å². The minimum Gasteiger partial charge on any atom is -0.497 e. The highest BCUT2D eigenvalue weighted by atomic mass is 35.5. The van der Waals surface area contributed by atoms with Crippen molar-refractivity contribution >= 4 is 17.6 Å². The molecule has 1 heterocycles. The predicted octanol–water partition coefficient (Wildman–Crippen LogP) is 3.89. The maximum Gasteiger partial charge on any atom is 0.573 e. The van der Waals surface area contributed by atoms with Crippen LogP contribution in [0.15, 0.2) is 30.3 Å². The first-order chi connectivity index (χ1) is 16.4. The van der Waals surface area contributed by atoms with Crippen molar-refractivity contribution in [1.82, 2.24) is 16.0 Å². The number of aliphatic hydroxyl groups is 1. The van der Waals surface area contributed by atoms with Gasteiger partial charge in [0.25, 0.3) is 0 Å². The number of carbonyl (C=O) groups excluding carboxylic acids is 1. The summed E-state index contributed by atoms with van der Waals surface area (Å²) in [6.45, 7) is -0.0211. The van der Waals surface area contributed by atoms with Gasteiger partial charge in [0.2, 0.25) is 0 Å². The summed E-state index contributed by atoms with van der Waals surface area (Å²) < 4.78 is 76.0. The summed E-state index contributed by atoms with van der Waals surface area (Å²) in [4.78, 5) is 12.8. The highest BCUT2D eigenvalue weighted by Crippen LogP contribution is 2.47. The van der Waals surface area contributed by atoms with Gasteiger partial charge in [-0.1, -0.05) is 17.7 Å². The van der Waals surface area contributed by atoms with Crippen LogP contribution in [0, 0.1) is 11.6 Å². The number of carbonyl (C=O) groups is 1. The molecule has 190 valence electrons. The van der Waals surface area contributed by atoms with Crippen LogP contribution in [0.1, 0.15) is 29.9 Å². The van der Waals surface area contributed by atoms with Crippen LogP contribution >= 0.6 is 11.6 Å². The lowest BCUT2D eigenvalue weighted by Crippen LogP contribution is -2.51. The van der Waals surface area contributed by atoms with Gasteiger partial charge in [0.1, 0.15) is 29.4 Å². The normalized spacial score (nSPS) is 23.0. The topological polar surface area (TPSA) is 91.9 Å². The van der Waals surface area contributed by atoms with Crippen molar-refractivity contribution in [3.8, 4) is 11.5 Å². The number of ether oxygens (including phenoxy) is 2. The largest absolute Gasteiger partial charge is 0.573 e. The fourth-order valence-electron chi connectivity index (χ4n) is 4.24. The summed E-state index contributed by atoms with van der Waals surface area (Å²) in [6.07, 6.45) is -5.41. The third-order valence-corrected chi connectivity index (χ3v) is 6.40. The molecule has 4 rings (SSSR count). The quantitative estimate of drug-likeness (QED) is 0.433. The van der Waals surface area contributed by atoms with E-state index in [4.69, 9.17) is 16.3 Å². The number of methoxy groups -OCH3 is 1. The predicted molar refractivity (Wildman–Crippen MR) is 114 cm³/mol. The number of benzene rings is 2. The van der Waals surface area contributed by atoms with E-state index in [-0.39, 0.29) is 22.9 Å². The van der Waals surface area contributed by atoms with Crippen LogP contribution < -0.4 is 25.4 Å². The summed E-state index contributed by atoms with van der Waals surface area (Å²) >= 11 is 5.80. The molecule has 0 radical (unpaired) electrons. The summed E-state index contributed by atoms with van der Waals surface area (Å²) in [5.74, 6) is -3.37. The summed E-state index contributed by atoms with van der Waals surface area (Å²) in [7, 11) is 1.26. The third-order valence-electron chi connectivity index (χ3n) is 6.09. The van der Waals surface area contributed by atoms with E-state index in [1.54, 1.807) is 0 Å². The lowest BCUT2D eigenvalue weighted by molar-refractivity contribution is -0.274. The minimum atomic E-state index is -4.95. The zero-order chi connectivity index (χ0) is 25.5. The molecule has 4 N–H and O–H groups in total. The molecule has 13 heteroatoms. The molecular formula is C22H21ClF5N3O4. The lowest BCUT2D eigenvalue weighted by atomic mass is 9.92. The van der Waals surface area contributed by atoms with Gasteiger partial charge in [0.15, 0.2) is 0 Å². The number of hydrogen-bond donors (Lipinski definition) is 4. The number of halogens is 6. The zero-order valence-corrected chi connectivity index (χ0v) is 18.9. The van der Waals surface area contributed by atoms with Gasteiger partial charge in [0, 0.05) is 30.2 Å². The average Bonchev–Trinajstić information content (AvgIpc) is 3.46. The third kappa shape index (κ3) is 5.39. The Kier molecular flexibility index (Phi) is 6.73. The fraction of sp³-hybridized carbons (Fsp3) is 0.409. The van der Waals surface area contributed by atoms with Gasteiger partial charge in [0.05, 0.1) is 23.7 Å². The zero-order valence-electron chi connectivity index (χ0n) is 18.2. The van der Waals surface area contributed by atoms with Crippen molar-refractivity contribution in [2.24, 2.45) is 0 Å². The van der Waals surface area contributed by atoms with E-state index in [1.165, 1.54) is 19.2 Å². The maximum absolute atomic E-state index is 14.6. The first-order valence-electron chi connectivity index (χ1n) is 10.5. The first-order valence-corrected chi connectivity index (χ1v) is 10.9. The first kappa shape index (κ1) is 25.3. The number of amides is 2. The number of rotatable bonds is 6. The molecule has 1 aliphatic carbocycles. The lowest BCUT2D eigenvalue weighted by Gasteiger charge is -2.26. The molecule has 2 aliphatic rings. The van der Waals surface area contributed by atoms with Crippen LogP contribution in [0.3, 0.4) is 0 Å². The number of hydrogen-bond acceptors (Lipinski definition) is 5. The van der Waals surface area contributed by atoms with Gasteiger partial charge in [-0.3, -0.25) is 5.32 Å². The number of urea groups is 1. The number of alkyl halides is 3. The highest BCUT2D eigenvalue weighted by Gasteiger charge is 2.48. The van der Waals surface area contributed by atoms with Crippen LogP contribution in [-0.4, -0.2) is 43.4 Å². The molecule has 0 aromatic heterocycles. The van der Waals surface area contributed by atoms with Crippen LogP contribution in [-0.2, 0) is 5.54 Å². The van der Waals surface area contributed by atoms with Gasteiger partial charge in [-0.05, 0) is 30.5 Å². The smallest absolute Gasteiger partial charge is 0.497 e. The summed E-state index contributed by atoms with van der Waals surface area (Å²) in [5.41, 5.74) is -0.973. The molecule has 1 unspecified atom stereocenters. The summed E-state index contributed by atoms with van der Waals surface area (Å²) in [6, 6.07) is 3.92. The van der Waals surface area contributed by atoms with E-state index in [0.717, 1.165) is 18.2 Å². The second-order valence-electron chi connectivity index (χ2n) is 8.36. The van der Waals surface area contributed by atoms with E-state index >= 15 is 0 Å². The Morgan fingerprint density at radius 3 is 2.43 bits per heavy atom. The number of aliphatic hydroxyl groups excluding tert-OH is 1. The average molecular weight is 522 g/mol. The molecule has 1 aliphatic heterocycles. The van der Waals surface area contributed by atoms with Gasteiger partial charge in [-0.15, -0.1) is 13.2 Å². The van der Waals surface area contributed by atoms with Crippen molar-refractivity contribution in [3.63, 3.8) is 0 Å². The Morgan fingerprint density at radius 1 is 1.20 bits per heavy atom. The van der Waals surface area contributed by atoms with E-state index in [9.17, 15) is 31.9 Å². The molecule has 2 aromatic carbocycles. The van der Waals surface area contributed by atoms with E-state index in [2.05, 4.69) is 20.7 Å². The van der Waals surface area contributed by atoms with Gasteiger partial charge in [-0.2, -0.15) is 0 Å². The Hall–Kier alpha value is -2.83. The molecular weight excluding hydrogens is 501 g/mol. The molecule has 3 atom stereocenters. The molecule has 0 bridgehead atoms. The summed E-state index contributed by atoms with van der Waals surface area (Å²) in [5, 5.41) is 17.9. The van der Waals surface area contributed by atoms with E-state index < -0.39 is 53.5 Å². The molecule has 2 amide bonds. The van der Waals surface area contributed by atoms with Crippen molar-refractivity contribution in [1.29, 1.82) is 0 Å². The SMILES string of the molecule is COc1cc(F)c([C@@H]2CNC(O)[C@H]2NC(=O)NC2(c3ccc(Cl)c(OC(F)(F)F)c3)CC2)c(F)c1. The molecule has 0 spiro atoms. The van der Waals surface area contributed by atoms with Crippen molar-refractivity contribution < 1.29 is 41.3 Å². The number of nitrogens with one attached hydrogen (secondary N) is 3. The van der Waals surface area contributed by atoms with Crippen LogP contribution in [0.2, 0.25) is 5.02 Å². The van der Waals surface area contributed by atoms with Crippen molar-refractivity contribution in [2.75, 3.05) is 13.7 Å². The Bertz CT molecular complexity index is 1110. The molecule has 1 saturated carbocycles. The monoisotopic (exact) mass is 521 g/mol. The molecule has 1 saturated heterocycles. The minimum absolute atomic E-state index is 0.0211. The van der Waals surface area contributed by atoms with Crippen LogP contribution in [0.25, 0.3) is 0 Å². The second kappa shape index (κ2) is 9.32. The molecule has 2 aromatic rings. The van der Waals surface area contributed by atoms with Gasteiger partial charge < -0.3 is 25.2 Å². The molecule has 35 heavy (non-hydrogen) atoms. The van der Waals surface area contributed by atoms with Crippen molar-refractivity contribution in [2.45, 2.75) is 42.9 Å². The second-order valence-corrected chi connectivity index (χ2v) is 8.77. The Balaban J connectivity index is 1.51. The molecule has 2 fully saturated rings. The maximum atomic E-state index is 14.6.